The van der Waals surface area contributed by atoms with Gasteiger partial charge in [0.2, 0.25) is 0 Å². The van der Waals surface area contributed by atoms with Gasteiger partial charge in [0.15, 0.2) is 0 Å². The van der Waals surface area contributed by atoms with Gasteiger partial charge < -0.3 is 15.2 Å². The highest BCUT2D eigenvalue weighted by Gasteiger charge is 2.17. The van der Waals surface area contributed by atoms with Crippen LogP contribution in [0, 0.1) is 20.8 Å². The van der Waals surface area contributed by atoms with Gasteiger partial charge >= 0.3 is 0 Å². The lowest BCUT2D eigenvalue weighted by atomic mass is 10.1. The number of halogens is 1. The topological polar surface area (TPSA) is 54.4 Å². The van der Waals surface area contributed by atoms with Crippen molar-refractivity contribution >= 4 is 23.1 Å². The van der Waals surface area contributed by atoms with E-state index in [-0.39, 0.29) is 12.7 Å². The van der Waals surface area contributed by atoms with Crippen LogP contribution in [0.2, 0.25) is 5.02 Å². The molecule has 0 radical (unpaired) electrons. The molecular formula is C20H27ClN2O2. The number of hydrogen-bond donors (Lipinski definition) is 2. The Morgan fingerprint density at radius 1 is 1.12 bits per heavy atom. The Kier molecular flexibility index (Phi) is 6.68. The molecule has 0 aliphatic heterocycles. The van der Waals surface area contributed by atoms with Crippen molar-refractivity contribution < 1.29 is 9.84 Å². The summed E-state index contributed by atoms with van der Waals surface area (Å²) < 4.78 is 6.11. The average molecular weight is 363 g/mol. The summed E-state index contributed by atoms with van der Waals surface area (Å²) in [4.78, 5) is 4.58. The van der Waals surface area contributed by atoms with Gasteiger partial charge in [-0.3, -0.25) is 0 Å². The number of aliphatic hydroxyl groups excluding tert-OH is 1. The molecule has 5 heteroatoms. The van der Waals surface area contributed by atoms with Crippen LogP contribution in [0.5, 0.6) is 5.75 Å². The highest BCUT2D eigenvalue weighted by atomic mass is 35.5. The van der Waals surface area contributed by atoms with Crippen LogP contribution in [-0.2, 0) is 6.61 Å². The van der Waals surface area contributed by atoms with E-state index in [1.165, 1.54) is 0 Å². The number of rotatable bonds is 7. The van der Waals surface area contributed by atoms with Gasteiger partial charge in [0.05, 0.1) is 18.3 Å². The summed E-state index contributed by atoms with van der Waals surface area (Å²) in [6.45, 7) is 9.97. The summed E-state index contributed by atoms with van der Waals surface area (Å²) in [5, 5.41) is 14.0. The van der Waals surface area contributed by atoms with Crippen molar-refractivity contribution in [1.82, 2.24) is 4.98 Å². The first-order valence-electron chi connectivity index (χ1n) is 8.71. The smallest absolute Gasteiger partial charge is 0.139 e. The molecule has 2 N–H and O–H groups in total. The fourth-order valence-electron chi connectivity index (χ4n) is 2.89. The van der Waals surface area contributed by atoms with Gasteiger partial charge in [0.25, 0.3) is 0 Å². The first kappa shape index (κ1) is 19.5. The maximum atomic E-state index is 9.93. The molecule has 0 atom stereocenters. The van der Waals surface area contributed by atoms with E-state index in [9.17, 15) is 5.11 Å². The molecule has 0 saturated heterocycles. The van der Waals surface area contributed by atoms with E-state index < -0.39 is 0 Å². The van der Waals surface area contributed by atoms with E-state index in [1.54, 1.807) is 0 Å². The predicted molar refractivity (Wildman–Crippen MR) is 104 cm³/mol. The van der Waals surface area contributed by atoms with E-state index in [2.05, 4.69) is 24.1 Å². The summed E-state index contributed by atoms with van der Waals surface area (Å²) in [7, 11) is 0. The predicted octanol–water partition coefficient (Wildman–Crippen LogP) is 5.46. The standard InChI is InChI=1S/C20H27ClN2O2/c1-6-16(7-2)25-18-10-14(5)22-20(17(18)11-24)23-19-12(3)8-15(21)9-13(19)4/h8-10,16,24H,6-7,11H2,1-5H3,(H,22,23). The molecule has 0 bridgehead atoms. The van der Waals surface area contributed by atoms with E-state index in [4.69, 9.17) is 16.3 Å². The molecule has 0 spiro atoms. The fraction of sp³-hybridized carbons (Fsp3) is 0.450. The monoisotopic (exact) mass is 362 g/mol. The normalized spacial score (nSPS) is 11.0. The number of nitrogens with one attached hydrogen (secondary N) is 1. The summed E-state index contributed by atoms with van der Waals surface area (Å²) in [6, 6.07) is 5.70. The Labute approximate surface area is 155 Å². The molecule has 1 aromatic carbocycles. The third-order valence-corrected chi connectivity index (χ3v) is 4.53. The lowest BCUT2D eigenvalue weighted by molar-refractivity contribution is 0.184. The number of hydrogen-bond acceptors (Lipinski definition) is 4. The van der Waals surface area contributed by atoms with Crippen molar-refractivity contribution in [2.75, 3.05) is 5.32 Å². The van der Waals surface area contributed by atoms with E-state index in [0.717, 1.165) is 35.3 Å². The number of aliphatic hydroxyl groups is 1. The minimum Gasteiger partial charge on any atom is -0.490 e. The molecule has 1 aromatic heterocycles. The zero-order chi connectivity index (χ0) is 18.6. The van der Waals surface area contributed by atoms with Crippen molar-refractivity contribution in [2.45, 2.75) is 60.2 Å². The molecule has 0 unspecified atom stereocenters. The molecule has 2 aromatic rings. The van der Waals surface area contributed by atoms with Gasteiger partial charge in [-0.05, 0) is 56.9 Å². The van der Waals surface area contributed by atoms with Gasteiger partial charge in [-0.25, -0.2) is 4.98 Å². The second kappa shape index (κ2) is 8.54. The Morgan fingerprint density at radius 2 is 1.72 bits per heavy atom. The second-order valence-electron chi connectivity index (χ2n) is 6.34. The van der Waals surface area contributed by atoms with Crippen LogP contribution in [0.4, 0.5) is 11.5 Å². The minimum absolute atomic E-state index is 0.124. The van der Waals surface area contributed by atoms with Gasteiger partial charge in [-0.2, -0.15) is 0 Å². The molecule has 0 aliphatic rings. The van der Waals surface area contributed by atoms with Crippen molar-refractivity contribution in [3.8, 4) is 5.75 Å². The van der Waals surface area contributed by atoms with Gasteiger partial charge in [-0.1, -0.05) is 25.4 Å². The number of nitrogens with zero attached hydrogens (tertiary/aromatic N) is 1. The molecule has 4 nitrogen and oxygen atoms in total. The second-order valence-corrected chi connectivity index (χ2v) is 6.78. The summed E-state index contributed by atoms with van der Waals surface area (Å²) in [5.41, 5.74) is 4.51. The summed E-state index contributed by atoms with van der Waals surface area (Å²) in [5.74, 6) is 1.31. The number of aryl methyl sites for hydroxylation is 3. The van der Waals surface area contributed by atoms with Gasteiger partial charge in [-0.15, -0.1) is 0 Å². The number of ether oxygens (including phenoxy) is 1. The Balaban J connectivity index is 2.46. The van der Waals surface area contributed by atoms with E-state index in [0.29, 0.717) is 22.2 Å². The Hall–Kier alpha value is -1.78. The van der Waals surface area contributed by atoms with Crippen molar-refractivity contribution in [1.29, 1.82) is 0 Å². The van der Waals surface area contributed by atoms with Crippen molar-refractivity contribution in [3.63, 3.8) is 0 Å². The van der Waals surface area contributed by atoms with Gasteiger partial charge in [0, 0.05) is 22.5 Å². The van der Waals surface area contributed by atoms with E-state index >= 15 is 0 Å². The molecule has 0 amide bonds. The first-order valence-corrected chi connectivity index (χ1v) is 9.09. The number of benzene rings is 1. The highest BCUT2D eigenvalue weighted by Crippen LogP contribution is 2.33. The third-order valence-electron chi connectivity index (χ3n) is 4.31. The van der Waals surface area contributed by atoms with Crippen LogP contribution < -0.4 is 10.1 Å². The fourth-order valence-corrected chi connectivity index (χ4v) is 3.22. The molecule has 1 heterocycles. The van der Waals surface area contributed by atoms with Crippen molar-refractivity contribution in [3.05, 3.63) is 45.6 Å². The third kappa shape index (κ3) is 4.65. The highest BCUT2D eigenvalue weighted by molar-refractivity contribution is 6.30. The number of aromatic nitrogens is 1. The SMILES string of the molecule is CCC(CC)Oc1cc(C)nc(Nc2c(C)cc(Cl)cc2C)c1CO. The molecule has 0 aliphatic carbocycles. The van der Waals surface area contributed by atoms with Crippen molar-refractivity contribution in [2.24, 2.45) is 0 Å². The van der Waals surface area contributed by atoms with Crippen LogP contribution in [0.25, 0.3) is 0 Å². The molecular weight excluding hydrogens is 336 g/mol. The molecule has 2 rings (SSSR count). The minimum atomic E-state index is -0.142. The lowest BCUT2D eigenvalue weighted by Crippen LogP contribution is -2.16. The van der Waals surface area contributed by atoms with Gasteiger partial charge in [0.1, 0.15) is 11.6 Å². The van der Waals surface area contributed by atoms with Crippen LogP contribution in [0.15, 0.2) is 18.2 Å². The Morgan fingerprint density at radius 3 is 2.24 bits per heavy atom. The van der Waals surface area contributed by atoms with Crippen LogP contribution in [-0.4, -0.2) is 16.2 Å². The molecule has 136 valence electrons. The Bertz CT molecular complexity index is 720. The maximum absolute atomic E-state index is 9.93. The zero-order valence-corrected chi connectivity index (χ0v) is 16.4. The largest absolute Gasteiger partial charge is 0.490 e. The molecule has 25 heavy (non-hydrogen) atoms. The number of pyridine rings is 1. The van der Waals surface area contributed by atoms with Crippen LogP contribution in [0.1, 0.15) is 49.1 Å². The molecule has 0 saturated carbocycles. The van der Waals surface area contributed by atoms with Crippen LogP contribution in [0.3, 0.4) is 0 Å². The number of anilines is 2. The zero-order valence-electron chi connectivity index (χ0n) is 15.6. The lowest BCUT2D eigenvalue weighted by Gasteiger charge is -2.21. The average Bonchev–Trinajstić information content (AvgIpc) is 2.55. The van der Waals surface area contributed by atoms with E-state index in [1.807, 2.05) is 39.0 Å². The van der Waals surface area contributed by atoms with Crippen LogP contribution >= 0.6 is 11.6 Å². The maximum Gasteiger partial charge on any atom is 0.139 e. The molecule has 0 fully saturated rings. The summed E-state index contributed by atoms with van der Waals surface area (Å²) in [6.07, 6.45) is 1.96. The quantitative estimate of drug-likeness (QED) is 0.686. The first-order chi connectivity index (χ1) is 11.9. The summed E-state index contributed by atoms with van der Waals surface area (Å²) >= 11 is 6.12.